The van der Waals surface area contributed by atoms with Crippen LogP contribution in [0.3, 0.4) is 0 Å². The first-order valence-electron chi connectivity index (χ1n) is 6.67. The van der Waals surface area contributed by atoms with E-state index in [1.54, 1.807) is 7.11 Å². The Morgan fingerprint density at radius 3 is 2.58 bits per heavy atom. The number of nitrogens with zero attached hydrogens (tertiary/aromatic N) is 1. The average Bonchev–Trinajstić information content (AvgIpc) is 2.39. The van der Waals surface area contributed by atoms with Crippen LogP contribution in [0.2, 0.25) is 5.02 Å². The molecule has 2 N–H and O–H groups in total. The monoisotopic (exact) mass is 284 g/mol. The minimum atomic E-state index is 0.102. The molecule has 0 unspecified atom stereocenters. The fraction of sp³-hybridized carbons (Fsp3) is 0.600. The lowest BCUT2D eigenvalue weighted by molar-refractivity contribution is 0.182. The van der Waals surface area contributed by atoms with Gasteiger partial charge in [0.2, 0.25) is 0 Å². The molecule has 108 valence electrons. The number of nitrogens with two attached hydrogens (primary N) is 1. The normalized spacial score (nSPS) is 11.9. The van der Waals surface area contributed by atoms with Crippen LogP contribution < -0.4 is 10.5 Å². The quantitative estimate of drug-likeness (QED) is 0.836. The average molecular weight is 285 g/mol. The van der Waals surface area contributed by atoms with Crippen molar-refractivity contribution in [2.24, 2.45) is 11.1 Å². The van der Waals surface area contributed by atoms with Gasteiger partial charge in [-0.25, -0.2) is 0 Å². The SMILES string of the molecule is CCN(Cc1c(Cl)cccc1OC)CC(C)(C)CN. The van der Waals surface area contributed by atoms with Crippen molar-refractivity contribution in [1.82, 2.24) is 4.90 Å². The molecule has 0 aliphatic rings. The summed E-state index contributed by atoms with van der Waals surface area (Å²) in [6, 6.07) is 5.76. The van der Waals surface area contributed by atoms with Crippen molar-refractivity contribution < 1.29 is 4.74 Å². The number of hydrogen-bond acceptors (Lipinski definition) is 3. The highest BCUT2D eigenvalue weighted by Crippen LogP contribution is 2.28. The van der Waals surface area contributed by atoms with Crippen LogP contribution in [-0.2, 0) is 6.54 Å². The number of ether oxygens (including phenoxy) is 1. The minimum absolute atomic E-state index is 0.102. The van der Waals surface area contributed by atoms with E-state index in [0.717, 1.165) is 36.0 Å². The number of methoxy groups -OCH3 is 1. The van der Waals surface area contributed by atoms with Crippen molar-refractivity contribution in [3.8, 4) is 5.75 Å². The molecule has 0 heterocycles. The van der Waals surface area contributed by atoms with Crippen LogP contribution in [0.4, 0.5) is 0 Å². The summed E-state index contributed by atoms with van der Waals surface area (Å²) in [5.41, 5.74) is 6.96. The van der Waals surface area contributed by atoms with Crippen LogP contribution in [0.15, 0.2) is 18.2 Å². The van der Waals surface area contributed by atoms with Gasteiger partial charge < -0.3 is 10.5 Å². The molecule has 0 fully saturated rings. The second-order valence-corrected chi connectivity index (χ2v) is 6.00. The van der Waals surface area contributed by atoms with Gasteiger partial charge >= 0.3 is 0 Å². The van der Waals surface area contributed by atoms with E-state index in [2.05, 4.69) is 25.7 Å². The van der Waals surface area contributed by atoms with Crippen molar-refractivity contribution in [3.05, 3.63) is 28.8 Å². The third-order valence-corrected chi connectivity index (χ3v) is 3.68. The largest absolute Gasteiger partial charge is 0.496 e. The molecule has 3 nitrogen and oxygen atoms in total. The fourth-order valence-corrected chi connectivity index (χ4v) is 2.28. The maximum absolute atomic E-state index is 6.28. The standard InChI is InChI=1S/C15H25ClN2O/c1-5-18(11-15(2,3)10-17)9-12-13(16)7-6-8-14(12)19-4/h6-8H,5,9-11,17H2,1-4H3. The van der Waals surface area contributed by atoms with Crippen LogP contribution >= 0.6 is 11.6 Å². The van der Waals surface area contributed by atoms with Crippen LogP contribution in [0, 0.1) is 5.41 Å². The predicted octanol–water partition coefficient (Wildman–Crippen LogP) is 3.16. The molecule has 0 saturated heterocycles. The summed E-state index contributed by atoms with van der Waals surface area (Å²) in [5.74, 6) is 0.844. The van der Waals surface area contributed by atoms with Crippen molar-refractivity contribution in [3.63, 3.8) is 0 Å². The molecule has 19 heavy (non-hydrogen) atoms. The number of benzene rings is 1. The number of halogens is 1. The van der Waals surface area contributed by atoms with Crippen LogP contribution in [0.1, 0.15) is 26.3 Å². The first kappa shape index (κ1) is 16.3. The lowest BCUT2D eigenvalue weighted by Gasteiger charge is -2.31. The highest BCUT2D eigenvalue weighted by Gasteiger charge is 2.21. The van der Waals surface area contributed by atoms with Crippen LogP contribution in [-0.4, -0.2) is 31.6 Å². The zero-order chi connectivity index (χ0) is 14.5. The summed E-state index contributed by atoms with van der Waals surface area (Å²) in [6.45, 7) is 9.85. The van der Waals surface area contributed by atoms with Crippen molar-refractivity contribution in [2.45, 2.75) is 27.3 Å². The van der Waals surface area contributed by atoms with Crippen LogP contribution in [0.5, 0.6) is 5.75 Å². The molecule has 0 aromatic heterocycles. The smallest absolute Gasteiger partial charge is 0.124 e. The van der Waals surface area contributed by atoms with E-state index in [1.807, 2.05) is 18.2 Å². The molecule has 4 heteroatoms. The van der Waals surface area contributed by atoms with Gasteiger partial charge in [0.25, 0.3) is 0 Å². The number of hydrogen-bond donors (Lipinski definition) is 1. The van der Waals surface area contributed by atoms with E-state index >= 15 is 0 Å². The third kappa shape index (κ3) is 4.68. The molecule has 1 rings (SSSR count). The maximum atomic E-state index is 6.28. The van der Waals surface area contributed by atoms with Gasteiger partial charge in [0.15, 0.2) is 0 Å². The summed E-state index contributed by atoms with van der Waals surface area (Å²) in [7, 11) is 1.68. The Morgan fingerprint density at radius 1 is 1.37 bits per heavy atom. The Hall–Kier alpha value is -0.770. The van der Waals surface area contributed by atoms with E-state index in [-0.39, 0.29) is 5.41 Å². The summed E-state index contributed by atoms with van der Waals surface area (Å²) in [6.07, 6.45) is 0. The van der Waals surface area contributed by atoms with Gasteiger partial charge in [-0.15, -0.1) is 0 Å². The van der Waals surface area contributed by atoms with E-state index in [1.165, 1.54) is 0 Å². The highest BCUT2D eigenvalue weighted by molar-refractivity contribution is 6.31. The minimum Gasteiger partial charge on any atom is -0.496 e. The maximum Gasteiger partial charge on any atom is 0.124 e. The Balaban J connectivity index is 2.87. The lowest BCUT2D eigenvalue weighted by atomic mass is 9.93. The topological polar surface area (TPSA) is 38.5 Å². The highest BCUT2D eigenvalue weighted by atomic mass is 35.5. The number of rotatable bonds is 7. The van der Waals surface area contributed by atoms with Crippen molar-refractivity contribution in [2.75, 3.05) is 26.7 Å². The summed E-state index contributed by atoms with van der Waals surface area (Å²) < 4.78 is 5.39. The Bertz CT molecular complexity index is 407. The fourth-order valence-electron chi connectivity index (χ4n) is 2.06. The second-order valence-electron chi connectivity index (χ2n) is 5.59. The summed E-state index contributed by atoms with van der Waals surface area (Å²) >= 11 is 6.28. The van der Waals surface area contributed by atoms with Crippen molar-refractivity contribution in [1.29, 1.82) is 0 Å². The van der Waals surface area contributed by atoms with Gasteiger partial charge in [-0.1, -0.05) is 38.4 Å². The van der Waals surface area contributed by atoms with E-state index in [0.29, 0.717) is 6.54 Å². The van der Waals surface area contributed by atoms with E-state index in [4.69, 9.17) is 22.1 Å². The first-order valence-corrected chi connectivity index (χ1v) is 7.05. The van der Waals surface area contributed by atoms with Gasteiger partial charge in [-0.2, -0.15) is 0 Å². The van der Waals surface area contributed by atoms with Gasteiger partial charge in [0.05, 0.1) is 7.11 Å². The molecular formula is C15H25ClN2O. The van der Waals surface area contributed by atoms with Gasteiger partial charge in [-0.05, 0) is 30.6 Å². The molecule has 0 aliphatic heterocycles. The molecule has 0 aliphatic carbocycles. The first-order chi connectivity index (χ1) is 8.93. The van der Waals surface area contributed by atoms with E-state index < -0.39 is 0 Å². The third-order valence-electron chi connectivity index (χ3n) is 3.33. The van der Waals surface area contributed by atoms with Gasteiger partial charge in [0, 0.05) is 23.7 Å². The zero-order valence-electron chi connectivity index (χ0n) is 12.4. The second kappa shape index (κ2) is 7.13. The Kier molecular flexibility index (Phi) is 6.11. The molecule has 1 aromatic rings. The summed E-state index contributed by atoms with van der Waals surface area (Å²) in [4.78, 5) is 2.34. The summed E-state index contributed by atoms with van der Waals surface area (Å²) in [5, 5.41) is 0.753. The Morgan fingerprint density at radius 2 is 2.05 bits per heavy atom. The molecule has 0 bridgehead atoms. The molecule has 0 atom stereocenters. The Labute approximate surface area is 121 Å². The van der Waals surface area contributed by atoms with Crippen LogP contribution in [0.25, 0.3) is 0 Å². The molecular weight excluding hydrogens is 260 g/mol. The molecule has 1 aromatic carbocycles. The van der Waals surface area contributed by atoms with E-state index in [9.17, 15) is 0 Å². The molecule has 0 spiro atoms. The molecule has 0 radical (unpaired) electrons. The van der Waals surface area contributed by atoms with Crippen molar-refractivity contribution >= 4 is 11.6 Å². The van der Waals surface area contributed by atoms with Gasteiger partial charge in [0.1, 0.15) is 5.75 Å². The lowest BCUT2D eigenvalue weighted by Crippen LogP contribution is -2.38. The predicted molar refractivity (Wildman–Crippen MR) is 81.8 cm³/mol. The van der Waals surface area contributed by atoms with Gasteiger partial charge in [-0.3, -0.25) is 4.90 Å². The zero-order valence-corrected chi connectivity index (χ0v) is 13.1. The molecule has 0 saturated carbocycles. The molecule has 0 amide bonds.